The van der Waals surface area contributed by atoms with E-state index in [9.17, 15) is 9.59 Å². The lowest BCUT2D eigenvalue weighted by Crippen LogP contribution is -2.28. The molecule has 0 saturated heterocycles. The first-order valence-electron chi connectivity index (χ1n) is 12.1. The second-order valence-electron chi connectivity index (χ2n) is 9.66. The summed E-state index contributed by atoms with van der Waals surface area (Å²) in [6.07, 6.45) is 7.59. The highest BCUT2D eigenvalue weighted by molar-refractivity contribution is 5.99. The molecule has 0 bridgehead atoms. The van der Waals surface area contributed by atoms with Crippen LogP contribution in [0.4, 0.5) is 5.69 Å². The third-order valence-electron chi connectivity index (χ3n) is 6.11. The van der Waals surface area contributed by atoms with E-state index in [0.717, 1.165) is 33.4 Å². The van der Waals surface area contributed by atoms with Crippen LogP contribution in [0.5, 0.6) is 0 Å². The Morgan fingerprint density at radius 3 is 2.03 bits per heavy atom. The number of carbonyl (C=O) groups is 2. The number of nitrogens with zero attached hydrogens (tertiary/aromatic N) is 5. The van der Waals surface area contributed by atoms with E-state index in [1.54, 1.807) is 26.4 Å². The Bertz CT molecular complexity index is 1380. The Hall–Kier alpha value is -4.24. The van der Waals surface area contributed by atoms with Crippen LogP contribution < -0.4 is 10.6 Å². The van der Waals surface area contributed by atoms with Gasteiger partial charge in [-0.25, -0.2) is 0 Å². The first-order chi connectivity index (χ1) is 17.6. The second kappa shape index (κ2) is 10.8. The molecule has 0 saturated carbocycles. The molecule has 192 valence electrons. The molecule has 37 heavy (non-hydrogen) atoms. The zero-order valence-electron chi connectivity index (χ0n) is 22.1. The highest BCUT2D eigenvalue weighted by Crippen LogP contribution is 2.30. The molecule has 1 atom stereocenters. The number of hydrogen-bond acceptors (Lipinski definition) is 5. The molecular formula is C28H33N7O2. The van der Waals surface area contributed by atoms with Gasteiger partial charge in [-0.1, -0.05) is 6.07 Å². The van der Waals surface area contributed by atoms with Crippen molar-refractivity contribution in [2.45, 2.75) is 19.9 Å². The summed E-state index contributed by atoms with van der Waals surface area (Å²) in [5.74, 6) is -0.341. The summed E-state index contributed by atoms with van der Waals surface area (Å²) in [7, 11) is 7.44. The third-order valence-corrected chi connectivity index (χ3v) is 6.11. The maximum Gasteiger partial charge on any atom is 0.252 e. The predicted octanol–water partition coefficient (Wildman–Crippen LogP) is 3.79. The van der Waals surface area contributed by atoms with E-state index in [1.807, 2.05) is 72.9 Å². The van der Waals surface area contributed by atoms with Gasteiger partial charge in [0, 0.05) is 48.9 Å². The maximum absolute atomic E-state index is 13.3. The lowest BCUT2D eigenvalue weighted by Gasteiger charge is -2.18. The van der Waals surface area contributed by atoms with E-state index in [4.69, 9.17) is 0 Å². The number of likely N-dealkylation sites (N-methyl/N-ethyl adjacent to an activating group) is 1. The standard InChI is InChI=1S/C28H33N7O2/c1-18-7-8-25(32-27(36)17-33(3)4)12-26(18)28(37)31-19(2)20-9-21(23-13-29-34(5)15-23)11-22(10-20)24-14-30-35(6)16-24/h7-16,19H,17H2,1-6H3,(H,31,37)(H,32,36)/t19-/m1/s1. The van der Waals surface area contributed by atoms with Gasteiger partial charge in [-0.05, 0) is 80.5 Å². The molecular weight excluding hydrogens is 466 g/mol. The maximum atomic E-state index is 13.3. The minimum atomic E-state index is -0.272. The fraction of sp³-hybridized carbons (Fsp3) is 0.286. The Balaban J connectivity index is 1.61. The minimum Gasteiger partial charge on any atom is -0.346 e. The normalized spacial score (nSPS) is 12.0. The summed E-state index contributed by atoms with van der Waals surface area (Å²) in [6.45, 7) is 4.11. The molecule has 2 heterocycles. The summed E-state index contributed by atoms with van der Waals surface area (Å²) in [4.78, 5) is 27.3. The summed E-state index contributed by atoms with van der Waals surface area (Å²) >= 11 is 0. The van der Waals surface area contributed by atoms with Crippen molar-refractivity contribution in [1.82, 2.24) is 29.8 Å². The van der Waals surface area contributed by atoms with Crippen LogP contribution in [0.1, 0.15) is 34.5 Å². The van der Waals surface area contributed by atoms with Gasteiger partial charge in [0.05, 0.1) is 25.0 Å². The van der Waals surface area contributed by atoms with Crippen molar-refractivity contribution < 1.29 is 9.59 Å². The highest BCUT2D eigenvalue weighted by Gasteiger charge is 2.17. The Kier molecular flexibility index (Phi) is 7.54. The van der Waals surface area contributed by atoms with Crippen molar-refractivity contribution in [3.05, 3.63) is 77.9 Å². The van der Waals surface area contributed by atoms with Gasteiger partial charge in [0.1, 0.15) is 0 Å². The molecule has 0 aliphatic heterocycles. The number of anilines is 1. The molecule has 2 aromatic heterocycles. The van der Waals surface area contributed by atoms with Gasteiger partial charge in [0.25, 0.3) is 5.91 Å². The lowest BCUT2D eigenvalue weighted by atomic mass is 9.96. The van der Waals surface area contributed by atoms with E-state index in [1.165, 1.54) is 0 Å². The Labute approximate surface area is 217 Å². The van der Waals surface area contributed by atoms with Gasteiger partial charge in [0.15, 0.2) is 0 Å². The molecule has 4 rings (SSSR count). The highest BCUT2D eigenvalue weighted by atomic mass is 16.2. The number of nitrogens with one attached hydrogen (secondary N) is 2. The topological polar surface area (TPSA) is 97.1 Å². The molecule has 0 unspecified atom stereocenters. The first kappa shape index (κ1) is 25.8. The third kappa shape index (κ3) is 6.31. The van der Waals surface area contributed by atoms with Crippen LogP contribution in [0, 0.1) is 6.92 Å². The van der Waals surface area contributed by atoms with E-state index < -0.39 is 0 Å². The van der Waals surface area contributed by atoms with Crippen LogP contribution >= 0.6 is 0 Å². The van der Waals surface area contributed by atoms with Crippen LogP contribution in [-0.2, 0) is 18.9 Å². The number of carbonyl (C=O) groups excluding carboxylic acids is 2. The molecule has 0 fully saturated rings. The molecule has 0 aliphatic carbocycles. The van der Waals surface area contributed by atoms with Crippen molar-refractivity contribution in [2.75, 3.05) is 26.0 Å². The molecule has 0 aliphatic rings. The van der Waals surface area contributed by atoms with Crippen LogP contribution in [0.25, 0.3) is 22.3 Å². The quantitative estimate of drug-likeness (QED) is 0.385. The van der Waals surface area contributed by atoms with Crippen LogP contribution in [0.2, 0.25) is 0 Å². The van der Waals surface area contributed by atoms with Crippen molar-refractivity contribution in [2.24, 2.45) is 14.1 Å². The zero-order chi connectivity index (χ0) is 26.7. The average Bonchev–Trinajstić information content (AvgIpc) is 3.47. The number of hydrogen-bond donors (Lipinski definition) is 2. The molecule has 0 radical (unpaired) electrons. The van der Waals surface area contributed by atoms with Gasteiger partial charge in [-0.15, -0.1) is 0 Å². The minimum absolute atomic E-state index is 0.135. The fourth-order valence-corrected chi connectivity index (χ4v) is 4.17. The monoisotopic (exact) mass is 499 g/mol. The molecule has 2 amide bonds. The Morgan fingerprint density at radius 1 is 0.919 bits per heavy atom. The number of aromatic nitrogens is 4. The van der Waals surface area contributed by atoms with Gasteiger partial charge >= 0.3 is 0 Å². The first-order valence-corrected chi connectivity index (χ1v) is 12.1. The molecule has 9 heteroatoms. The summed E-state index contributed by atoms with van der Waals surface area (Å²) in [6, 6.07) is 11.4. The van der Waals surface area contributed by atoms with Gasteiger partial charge in [-0.3, -0.25) is 19.0 Å². The summed E-state index contributed by atoms with van der Waals surface area (Å²) in [5.41, 5.74) is 6.89. The predicted molar refractivity (Wildman–Crippen MR) is 145 cm³/mol. The van der Waals surface area contributed by atoms with Crippen molar-refractivity contribution in [1.29, 1.82) is 0 Å². The van der Waals surface area contributed by atoms with Crippen molar-refractivity contribution in [3.63, 3.8) is 0 Å². The van der Waals surface area contributed by atoms with Gasteiger partial charge in [0.2, 0.25) is 5.91 Å². The smallest absolute Gasteiger partial charge is 0.252 e. The lowest BCUT2D eigenvalue weighted by molar-refractivity contribution is -0.116. The fourth-order valence-electron chi connectivity index (χ4n) is 4.17. The molecule has 9 nitrogen and oxygen atoms in total. The van der Waals surface area contributed by atoms with Crippen molar-refractivity contribution in [3.8, 4) is 22.3 Å². The SMILES string of the molecule is Cc1ccc(NC(=O)CN(C)C)cc1C(=O)N[C@H](C)c1cc(-c2cnn(C)c2)cc(-c2cnn(C)c2)c1. The molecule has 2 N–H and O–H groups in total. The van der Waals surface area contributed by atoms with E-state index in [0.29, 0.717) is 11.3 Å². The number of rotatable bonds is 8. The van der Waals surface area contributed by atoms with Crippen molar-refractivity contribution >= 4 is 17.5 Å². The van der Waals surface area contributed by atoms with Crippen LogP contribution in [0.3, 0.4) is 0 Å². The van der Waals surface area contributed by atoms with Gasteiger partial charge < -0.3 is 15.5 Å². The number of amides is 2. The zero-order valence-corrected chi connectivity index (χ0v) is 22.1. The second-order valence-corrected chi connectivity index (χ2v) is 9.66. The van der Waals surface area contributed by atoms with E-state index >= 15 is 0 Å². The molecule has 4 aromatic rings. The average molecular weight is 500 g/mol. The van der Waals surface area contributed by atoms with E-state index in [2.05, 4.69) is 39.0 Å². The summed E-state index contributed by atoms with van der Waals surface area (Å²) < 4.78 is 3.54. The van der Waals surface area contributed by atoms with Gasteiger partial charge in [-0.2, -0.15) is 10.2 Å². The molecule has 0 spiro atoms. The largest absolute Gasteiger partial charge is 0.346 e. The van der Waals surface area contributed by atoms with E-state index in [-0.39, 0.29) is 24.4 Å². The molecule has 2 aromatic carbocycles. The number of aryl methyl sites for hydroxylation is 3. The van der Waals surface area contributed by atoms with Crippen LogP contribution in [0.15, 0.2) is 61.2 Å². The number of benzene rings is 2. The van der Waals surface area contributed by atoms with Crippen LogP contribution in [-0.4, -0.2) is 56.9 Å². The summed E-state index contributed by atoms with van der Waals surface area (Å²) in [5, 5.41) is 14.6. The Morgan fingerprint density at radius 2 is 1.51 bits per heavy atom.